The van der Waals surface area contributed by atoms with Crippen molar-refractivity contribution in [2.45, 2.75) is 32.1 Å². The summed E-state index contributed by atoms with van der Waals surface area (Å²) in [5, 5.41) is 0. The minimum Gasteiger partial charge on any atom is -0.427 e. The minimum atomic E-state index is -0.250. The molecule has 102 valence electrons. The molecule has 0 aliphatic carbocycles. The number of benzene rings is 1. The normalized spacial score (nSPS) is 9.74. The van der Waals surface area contributed by atoms with E-state index in [-0.39, 0.29) is 5.97 Å². The molecule has 1 aromatic rings. The highest BCUT2D eigenvalue weighted by Crippen LogP contribution is 2.13. The van der Waals surface area contributed by atoms with Crippen LogP contribution in [0, 0.1) is 0 Å². The van der Waals surface area contributed by atoms with Crippen LogP contribution in [-0.2, 0) is 9.59 Å². The Balaban J connectivity index is 2.19. The smallest absolute Gasteiger partial charge is 0.311 e. The lowest BCUT2D eigenvalue weighted by molar-refractivity contribution is -0.134. The Morgan fingerprint density at radius 1 is 1.11 bits per heavy atom. The number of allylic oxidation sites excluding steroid dienone is 1. The Labute approximate surface area is 118 Å². The van der Waals surface area contributed by atoms with Crippen LogP contribution in [0.5, 0.6) is 5.75 Å². The highest BCUT2D eigenvalue weighted by Gasteiger charge is 2.05. The maximum atomic E-state index is 11.5. The third kappa shape index (κ3) is 6.80. The van der Waals surface area contributed by atoms with Gasteiger partial charge in [-0.05, 0) is 37.8 Å². The van der Waals surface area contributed by atoms with Crippen molar-refractivity contribution in [1.29, 1.82) is 0 Å². The van der Waals surface area contributed by atoms with E-state index < -0.39 is 0 Å². The third-order valence-corrected chi connectivity index (χ3v) is 2.81. The van der Waals surface area contributed by atoms with Crippen LogP contribution in [0.3, 0.4) is 0 Å². The van der Waals surface area contributed by atoms with Crippen molar-refractivity contribution >= 4 is 23.5 Å². The lowest BCUT2D eigenvalue weighted by Gasteiger charge is -2.04. The van der Waals surface area contributed by atoms with E-state index in [1.807, 2.05) is 24.1 Å². The maximum Gasteiger partial charge on any atom is 0.311 e. The lowest BCUT2D eigenvalue weighted by atomic mass is 10.1. The predicted molar refractivity (Wildman–Crippen MR) is 75.1 cm³/mol. The Hall–Kier alpha value is -1.57. The van der Waals surface area contributed by atoms with Gasteiger partial charge in [0.25, 0.3) is 0 Å². The second-order valence-electron chi connectivity index (χ2n) is 4.14. The fourth-order valence-corrected chi connectivity index (χ4v) is 1.85. The van der Waals surface area contributed by atoms with Crippen molar-refractivity contribution in [2.24, 2.45) is 0 Å². The molecule has 3 nitrogen and oxygen atoms in total. The summed E-state index contributed by atoms with van der Waals surface area (Å²) in [5.74, 6) is 2.64. The Kier molecular flexibility index (Phi) is 7.64. The first-order valence-electron chi connectivity index (χ1n) is 6.31. The number of carbonyl (C=O) groups is 1. The van der Waals surface area contributed by atoms with Gasteiger partial charge in [0.05, 0.1) is 0 Å². The fourth-order valence-electron chi connectivity index (χ4n) is 1.62. The molecule has 0 aliphatic rings. The summed E-state index contributed by atoms with van der Waals surface area (Å²) in [6.45, 7) is 0. The highest BCUT2D eigenvalue weighted by molar-refractivity contribution is 6.18. The molecule has 0 spiro atoms. The number of ether oxygens (including phenoxy) is 1. The van der Waals surface area contributed by atoms with Crippen LogP contribution < -0.4 is 4.74 Å². The van der Waals surface area contributed by atoms with Crippen molar-refractivity contribution in [3.05, 3.63) is 35.9 Å². The number of alkyl halides is 1. The molecular weight excluding hydrogens is 264 g/mol. The minimum absolute atomic E-state index is 0.250. The average molecular weight is 281 g/mol. The van der Waals surface area contributed by atoms with Crippen molar-refractivity contribution in [1.82, 2.24) is 0 Å². The number of hydrogen-bond donors (Lipinski definition) is 0. The van der Waals surface area contributed by atoms with Crippen LogP contribution in [0.25, 0.3) is 0 Å². The van der Waals surface area contributed by atoms with Gasteiger partial charge in [0.1, 0.15) is 11.7 Å². The van der Waals surface area contributed by atoms with Crippen molar-refractivity contribution in [3.63, 3.8) is 0 Å². The number of unbranched alkanes of at least 4 members (excludes halogenated alkanes) is 1. The summed E-state index contributed by atoms with van der Waals surface area (Å²) >= 11 is 5.55. The SMILES string of the molecule is O=C=C(CCCl)CCCCC(=O)Oc1ccccc1. The summed E-state index contributed by atoms with van der Waals surface area (Å²) in [6, 6.07) is 8.98. The van der Waals surface area contributed by atoms with Gasteiger partial charge >= 0.3 is 5.97 Å². The monoisotopic (exact) mass is 280 g/mol. The first-order valence-corrected chi connectivity index (χ1v) is 6.84. The molecular formula is C15H17ClO3. The van der Waals surface area contributed by atoms with E-state index in [1.54, 1.807) is 12.1 Å². The van der Waals surface area contributed by atoms with Crippen LogP contribution in [0.1, 0.15) is 32.1 Å². The van der Waals surface area contributed by atoms with Crippen molar-refractivity contribution in [3.8, 4) is 5.75 Å². The molecule has 0 N–H and O–H groups in total. The van der Waals surface area contributed by atoms with Gasteiger partial charge in [0.15, 0.2) is 0 Å². The van der Waals surface area contributed by atoms with Crippen LogP contribution >= 0.6 is 11.6 Å². The van der Waals surface area contributed by atoms with Gasteiger partial charge in [-0.25, -0.2) is 4.79 Å². The standard InChI is InChI=1S/C15H17ClO3/c16-11-10-13(12-17)6-4-5-9-15(18)19-14-7-2-1-3-8-14/h1-3,7-8H,4-6,9-11H2. The summed E-state index contributed by atoms with van der Waals surface area (Å²) < 4.78 is 5.15. The molecule has 0 saturated heterocycles. The molecule has 19 heavy (non-hydrogen) atoms. The van der Waals surface area contributed by atoms with Crippen LogP contribution in [0.4, 0.5) is 0 Å². The summed E-state index contributed by atoms with van der Waals surface area (Å²) in [5.41, 5.74) is 0.687. The molecule has 0 saturated carbocycles. The first kappa shape index (κ1) is 15.5. The number of esters is 1. The maximum absolute atomic E-state index is 11.5. The molecule has 0 atom stereocenters. The fraction of sp³-hybridized carbons (Fsp3) is 0.400. The van der Waals surface area contributed by atoms with Crippen LogP contribution in [0.15, 0.2) is 35.9 Å². The van der Waals surface area contributed by atoms with Gasteiger partial charge in [0.2, 0.25) is 0 Å². The molecule has 0 amide bonds. The molecule has 0 aromatic heterocycles. The summed E-state index contributed by atoms with van der Waals surface area (Å²) in [7, 11) is 0. The number of rotatable bonds is 8. The zero-order chi connectivity index (χ0) is 13.9. The van der Waals surface area contributed by atoms with Crippen LogP contribution in [0.2, 0.25) is 0 Å². The van der Waals surface area contributed by atoms with Gasteiger partial charge < -0.3 is 4.74 Å². The van der Waals surface area contributed by atoms with Gasteiger partial charge in [-0.1, -0.05) is 18.2 Å². The topological polar surface area (TPSA) is 43.4 Å². The Morgan fingerprint density at radius 2 is 1.79 bits per heavy atom. The van der Waals surface area contributed by atoms with E-state index in [9.17, 15) is 9.59 Å². The molecule has 0 radical (unpaired) electrons. The molecule has 0 fully saturated rings. The summed E-state index contributed by atoms with van der Waals surface area (Å²) in [4.78, 5) is 22.1. The molecule has 1 aromatic carbocycles. The second kappa shape index (κ2) is 9.37. The van der Waals surface area contributed by atoms with Gasteiger partial charge in [-0.3, -0.25) is 4.79 Å². The molecule has 0 aliphatic heterocycles. The van der Waals surface area contributed by atoms with E-state index in [1.165, 1.54) is 0 Å². The molecule has 0 heterocycles. The third-order valence-electron chi connectivity index (χ3n) is 2.62. The van der Waals surface area contributed by atoms with Crippen molar-refractivity contribution in [2.75, 3.05) is 5.88 Å². The summed E-state index contributed by atoms with van der Waals surface area (Å²) in [6.07, 6.45) is 3.03. The van der Waals surface area contributed by atoms with E-state index >= 15 is 0 Å². The molecule has 4 heteroatoms. The van der Waals surface area contributed by atoms with E-state index in [2.05, 4.69) is 0 Å². The van der Waals surface area contributed by atoms with E-state index in [4.69, 9.17) is 16.3 Å². The van der Waals surface area contributed by atoms with Crippen LogP contribution in [-0.4, -0.2) is 17.8 Å². The zero-order valence-electron chi connectivity index (χ0n) is 10.7. The molecule has 1 rings (SSSR count). The number of hydrogen-bond acceptors (Lipinski definition) is 3. The van der Waals surface area contributed by atoms with Gasteiger partial charge in [-0.2, -0.15) is 0 Å². The number of para-hydroxylation sites is 1. The average Bonchev–Trinajstić information content (AvgIpc) is 2.43. The quantitative estimate of drug-likeness (QED) is 0.240. The van der Waals surface area contributed by atoms with E-state index in [0.717, 1.165) is 6.42 Å². The highest BCUT2D eigenvalue weighted by atomic mass is 35.5. The number of carbonyl (C=O) groups excluding carboxylic acids is 2. The second-order valence-corrected chi connectivity index (χ2v) is 4.52. The number of halogens is 1. The Bertz CT molecular complexity index is 436. The van der Waals surface area contributed by atoms with E-state index in [0.29, 0.717) is 42.9 Å². The molecule has 0 unspecified atom stereocenters. The lowest BCUT2D eigenvalue weighted by Crippen LogP contribution is -2.07. The Morgan fingerprint density at radius 3 is 2.42 bits per heavy atom. The van der Waals surface area contributed by atoms with Gasteiger partial charge in [-0.15, -0.1) is 11.6 Å². The largest absolute Gasteiger partial charge is 0.427 e. The predicted octanol–water partition coefficient (Wildman–Crippen LogP) is 3.54. The van der Waals surface area contributed by atoms with Gasteiger partial charge in [0, 0.05) is 17.9 Å². The van der Waals surface area contributed by atoms with Crippen molar-refractivity contribution < 1.29 is 14.3 Å². The first-order chi connectivity index (χ1) is 9.26. The zero-order valence-corrected chi connectivity index (χ0v) is 11.5. The molecule has 0 bridgehead atoms.